The number of benzene rings is 1. The molecule has 0 saturated carbocycles. The van der Waals surface area contributed by atoms with Crippen LogP contribution in [0.4, 0.5) is 11.4 Å². The van der Waals surface area contributed by atoms with E-state index in [1.54, 1.807) is 0 Å². The van der Waals surface area contributed by atoms with Gasteiger partial charge < -0.3 is 21.1 Å². The van der Waals surface area contributed by atoms with Crippen molar-refractivity contribution < 1.29 is 25.0 Å². The fourth-order valence-corrected chi connectivity index (χ4v) is 1.24. The average molecular weight is 242 g/mol. The predicted molar refractivity (Wildman–Crippen MR) is 56.1 cm³/mol. The summed E-state index contributed by atoms with van der Waals surface area (Å²) in [7, 11) is 0. The van der Waals surface area contributed by atoms with Gasteiger partial charge in [0.2, 0.25) is 0 Å². The molecule has 0 heterocycles. The van der Waals surface area contributed by atoms with Crippen molar-refractivity contribution in [3.63, 3.8) is 0 Å². The Hall–Kier alpha value is -2.19. The number of aliphatic hydroxyl groups is 2. The van der Waals surface area contributed by atoms with Crippen LogP contribution >= 0.6 is 0 Å². The molecule has 0 fully saturated rings. The van der Waals surface area contributed by atoms with Gasteiger partial charge in [-0.3, -0.25) is 10.1 Å². The van der Waals surface area contributed by atoms with Gasteiger partial charge in [0, 0.05) is 23.4 Å². The molecule has 1 rings (SSSR count). The third-order valence-electron chi connectivity index (χ3n) is 2.15. The van der Waals surface area contributed by atoms with Crippen molar-refractivity contribution in [1.82, 2.24) is 0 Å². The summed E-state index contributed by atoms with van der Waals surface area (Å²) in [5, 5.41) is 37.6. The van der Waals surface area contributed by atoms with E-state index in [1.807, 2.05) is 0 Å². The fraction of sp³-hybridized carbons (Fsp3) is 0.222. The number of nitro groups is 1. The zero-order chi connectivity index (χ0) is 13.2. The normalized spacial score (nSPS) is 14.0. The van der Waals surface area contributed by atoms with Crippen molar-refractivity contribution in [2.75, 3.05) is 5.73 Å². The molecule has 1 aromatic rings. The molecule has 0 spiro atoms. The van der Waals surface area contributed by atoms with Gasteiger partial charge in [0.05, 0.1) is 4.92 Å². The first-order valence-corrected chi connectivity index (χ1v) is 4.47. The minimum atomic E-state index is -2.10. The second-order valence-electron chi connectivity index (χ2n) is 3.30. The number of nitro benzene ring substituents is 1. The van der Waals surface area contributed by atoms with Gasteiger partial charge in [-0.15, -0.1) is 0 Å². The van der Waals surface area contributed by atoms with Gasteiger partial charge in [-0.05, 0) is 6.07 Å². The summed E-state index contributed by atoms with van der Waals surface area (Å²) in [6.45, 7) is 0. The van der Waals surface area contributed by atoms with Crippen molar-refractivity contribution in [1.29, 1.82) is 0 Å². The van der Waals surface area contributed by atoms with Crippen molar-refractivity contribution in [2.24, 2.45) is 0 Å². The Morgan fingerprint density at radius 3 is 2.47 bits per heavy atom. The number of hydrogen-bond donors (Lipinski definition) is 4. The minimum Gasteiger partial charge on any atom is -0.479 e. The molecule has 0 bridgehead atoms. The summed E-state index contributed by atoms with van der Waals surface area (Å²) in [6.07, 6.45) is -3.92. The Morgan fingerprint density at radius 1 is 1.41 bits per heavy atom. The number of carboxylic acid groups (broad SMARTS) is 1. The number of carboxylic acids is 1. The maximum atomic E-state index is 10.5. The molecule has 5 N–H and O–H groups in total. The molecule has 0 aliphatic rings. The number of aliphatic carboxylic acids is 1. The third kappa shape index (κ3) is 2.68. The largest absolute Gasteiger partial charge is 0.479 e. The van der Waals surface area contributed by atoms with Crippen molar-refractivity contribution >= 4 is 17.3 Å². The van der Waals surface area contributed by atoms with Crippen molar-refractivity contribution in [3.8, 4) is 0 Å². The smallest absolute Gasteiger partial charge is 0.335 e. The zero-order valence-electron chi connectivity index (χ0n) is 8.48. The highest BCUT2D eigenvalue weighted by atomic mass is 16.6. The van der Waals surface area contributed by atoms with Crippen molar-refractivity contribution in [3.05, 3.63) is 33.9 Å². The summed E-state index contributed by atoms with van der Waals surface area (Å²) in [5.41, 5.74) is 4.85. The molecule has 0 saturated heterocycles. The summed E-state index contributed by atoms with van der Waals surface area (Å²) < 4.78 is 0. The first-order chi connectivity index (χ1) is 7.84. The van der Waals surface area contributed by atoms with Crippen LogP contribution in [-0.4, -0.2) is 32.3 Å². The molecule has 1 aromatic carbocycles. The minimum absolute atomic E-state index is 0.0385. The molecule has 17 heavy (non-hydrogen) atoms. The van der Waals surface area contributed by atoms with Gasteiger partial charge in [0.25, 0.3) is 5.69 Å². The maximum Gasteiger partial charge on any atom is 0.335 e. The molecular formula is C9H10N2O6. The fourth-order valence-electron chi connectivity index (χ4n) is 1.24. The number of nitrogens with two attached hydrogens (primary N) is 1. The molecule has 0 aliphatic carbocycles. The molecular weight excluding hydrogens is 232 g/mol. The average Bonchev–Trinajstić information content (AvgIpc) is 2.27. The SMILES string of the molecule is Nc1ccc([N+](=O)[O-])cc1C(O)C(O)C(=O)O. The summed E-state index contributed by atoms with van der Waals surface area (Å²) >= 11 is 0. The lowest BCUT2D eigenvalue weighted by Gasteiger charge is -2.15. The molecule has 8 nitrogen and oxygen atoms in total. The number of anilines is 1. The molecule has 8 heteroatoms. The van der Waals surface area contributed by atoms with Gasteiger partial charge in [-0.1, -0.05) is 0 Å². The van der Waals surface area contributed by atoms with Gasteiger partial charge in [-0.2, -0.15) is 0 Å². The second-order valence-corrected chi connectivity index (χ2v) is 3.30. The molecule has 0 amide bonds. The first kappa shape index (κ1) is 12.9. The second kappa shape index (κ2) is 4.76. The van der Waals surface area contributed by atoms with Crippen LogP contribution in [0.15, 0.2) is 18.2 Å². The maximum absolute atomic E-state index is 10.5. The van der Waals surface area contributed by atoms with Crippen LogP contribution in [0, 0.1) is 10.1 Å². The van der Waals surface area contributed by atoms with Crippen LogP contribution in [0.25, 0.3) is 0 Å². The Bertz CT molecular complexity index is 461. The van der Waals surface area contributed by atoms with Gasteiger partial charge in [0.15, 0.2) is 6.10 Å². The lowest BCUT2D eigenvalue weighted by Crippen LogP contribution is -2.28. The number of carbonyl (C=O) groups is 1. The molecule has 0 aliphatic heterocycles. The number of rotatable bonds is 4. The van der Waals surface area contributed by atoms with Crippen LogP contribution in [0.5, 0.6) is 0 Å². The highest BCUT2D eigenvalue weighted by Gasteiger charge is 2.27. The van der Waals surface area contributed by atoms with Crippen molar-refractivity contribution in [2.45, 2.75) is 12.2 Å². The summed E-state index contributed by atoms with van der Waals surface area (Å²) in [4.78, 5) is 20.2. The third-order valence-corrected chi connectivity index (χ3v) is 2.15. The van der Waals surface area contributed by atoms with E-state index in [2.05, 4.69) is 0 Å². The van der Waals surface area contributed by atoms with Gasteiger partial charge >= 0.3 is 5.97 Å². The standard InChI is InChI=1S/C9H10N2O6/c10-6-2-1-4(11(16)17)3-5(6)7(12)8(13)9(14)15/h1-3,7-8,12-13H,10H2,(H,14,15). The number of nitrogen functional groups attached to an aromatic ring is 1. The van der Waals surface area contributed by atoms with E-state index in [1.165, 1.54) is 0 Å². The molecule has 2 atom stereocenters. The summed E-state index contributed by atoms with van der Waals surface area (Å²) in [5.74, 6) is -1.65. The van der Waals surface area contributed by atoms with E-state index in [9.17, 15) is 20.0 Å². The van der Waals surface area contributed by atoms with E-state index in [4.69, 9.17) is 15.9 Å². The number of nitrogens with zero attached hydrogens (tertiary/aromatic N) is 1. The van der Waals surface area contributed by atoms with Gasteiger partial charge in [-0.25, -0.2) is 4.79 Å². The number of non-ortho nitro benzene ring substituents is 1. The zero-order valence-corrected chi connectivity index (χ0v) is 8.48. The van der Waals surface area contributed by atoms with E-state index in [-0.39, 0.29) is 16.9 Å². The lowest BCUT2D eigenvalue weighted by atomic mass is 10.0. The Morgan fingerprint density at radius 2 is 2.00 bits per heavy atom. The van der Waals surface area contributed by atoms with Crippen LogP contribution in [0.1, 0.15) is 11.7 Å². The van der Waals surface area contributed by atoms with E-state index in [0.29, 0.717) is 0 Å². The monoisotopic (exact) mass is 242 g/mol. The Balaban J connectivity index is 3.16. The lowest BCUT2D eigenvalue weighted by molar-refractivity contribution is -0.385. The number of hydrogen-bond acceptors (Lipinski definition) is 6. The van der Waals surface area contributed by atoms with Crippen LogP contribution < -0.4 is 5.73 Å². The van der Waals surface area contributed by atoms with E-state index < -0.39 is 23.1 Å². The molecule has 0 aromatic heterocycles. The van der Waals surface area contributed by atoms with Gasteiger partial charge in [0.1, 0.15) is 6.10 Å². The highest BCUT2D eigenvalue weighted by Crippen LogP contribution is 2.27. The first-order valence-electron chi connectivity index (χ1n) is 4.47. The predicted octanol–water partition coefficient (Wildman–Crippen LogP) is -0.344. The molecule has 0 radical (unpaired) electrons. The number of aliphatic hydroxyl groups excluding tert-OH is 2. The topological polar surface area (TPSA) is 147 Å². The quantitative estimate of drug-likeness (QED) is 0.320. The van der Waals surface area contributed by atoms with Crippen LogP contribution in [0.3, 0.4) is 0 Å². The van der Waals surface area contributed by atoms with E-state index in [0.717, 1.165) is 18.2 Å². The summed E-state index contributed by atoms with van der Waals surface area (Å²) in [6, 6.07) is 3.19. The van der Waals surface area contributed by atoms with Crippen LogP contribution in [-0.2, 0) is 4.79 Å². The van der Waals surface area contributed by atoms with E-state index >= 15 is 0 Å². The molecule has 92 valence electrons. The Labute approximate surface area is 95.1 Å². The van der Waals surface area contributed by atoms with Crippen LogP contribution in [0.2, 0.25) is 0 Å². The highest BCUT2D eigenvalue weighted by molar-refractivity contribution is 5.73. The molecule has 2 unspecified atom stereocenters. The Kier molecular flexibility index (Phi) is 3.61.